The van der Waals surface area contributed by atoms with Crippen LogP contribution in [0, 0.1) is 0 Å². The molecule has 0 saturated carbocycles. The minimum Gasteiger partial charge on any atom is -0.444 e. The van der Waals surface area contributed by atoms with Gasteiger partial charge in [0.1, 0.15) is 0 Å². The fourth-order valence-electron chi connectivity index (χ4n) is 4.41. The van der Waals surface area contributed by atoms with Gasteiger partial charge in [0.05, 0.1) is 6.04 Å². The van der Waals surface area contributed by atoms with Gasteiger partial charge in [-0.2, -0.15) is 0 Å². The topological polar surface area (TPSA) is 48.7 Å². The first-order valence-electron chi connectivity index (χ1n) is 10.2. The second-order valence-electron chi connectivity index (χ2n) is 7.84. The number of anilines is 1. The molecule has 0 radical (unpaired) electrons. The Balaban J connectivity index is 1.54. The van der Waals surface area contributed by atoms with Gasteiger partial charge in [0.25, 0.3) is 5.91 Å². The molecule has 6 heteroatoms. The lowest BCUT2D eigenvalue weighted by Crippen LogP contribution is -2.40. The van der Waals surface area contributed by atoms with Gasteiger partial charge in [-0.1, -0.05) is 18.6 Å². The number of aryl methyl sites for hydroxylation is 1. The molecule has 5 nitrogen and oxygen atoms in total. The van der Waals surface area contributed by atoms with Crippen molar-refractivity contribution >= 4 is 27.5 Å². The highest BCUT2D eigenvalue weighted by Gasteiger charge is 2.25. The van der Waals surface area contributed by atoms with Crippen molar-refractivity contribution in [1.82, 2.24) is 10.2 Å². The zero-order valence-corrected chi connectivity index (χ0v) is 18.0. The molecule has 1 N–H and O–H groups in total. The average molecular weight is 446 g/mol. The van der Waals surface area contributed by atoms with E-state index in [1.807, 2.05) is 0 Å². The van der Waals surface area contributed by atoms with E-state index in [-0.39, 0.29) is 11.9 Å². The van der Waals surface area contributed by atoms with Gasteiger partial charge in [0.15, 0.2) is 10.4 Å². The summed E-state index contributed by atoms with van der Waals surface area (Å²) in [5.74, 6) is 0.182. The first kappa shape index (κ1) is 19.5. The highest BCUT2D eigenvalue weighted by Crippen LogP contribution is 2.31. The maximum absolute atomic E-state index is 12.5. The average Bonchev–Trinajstić information content (AvgIpc) is 3.15. The van der Waals surface area contributed by atoms with Gasteiger partial charge in [0.2, 0.25) is 0 Å². The Labute approximate surface area is 175 Å². The summed E-state index contributed by atoms with van der Waals surface area (Å²) < 4.78 is 5.97. The smallest absolute Gasteiger partial charge is 0.287 e. The molecule has 1 amide bonds. The Hall–Kier alpha value is -1.79. The summed E-state index contributed by atoms with van der Waals surface area (Å²) in [6.07, 6.45) is 6.08. The quantitative estimate of drug-likeness (QED) is 0.741. The molecule has 1 saturated heterocycles. The molecular formula is C22H28BrN3O2. The monoisotopic (exact) mass is 445 g/mol. The van der Waals surface area contributed by atoms with Gasteiger partial charge in [-0.05, 0) is 84.0 Å². The van der Waals surface area contributed by atoms with Crippen LogP contribution in [-0.4, -0.2) is 44.0 Å². The van der Waals surface area contributed by atoms with E-state index in [9.17, 15) is 4.79 Å². The fraction of sp³-hybridized carbons (Fsp3) is 0.500. The molecule has 2 aliphatic heterocycles. The minimum absolute atomic E-state index is 0.162. The third-order valence-electron chi connectivity index (χ3n) is 5.92. The normalized spacial score (nSPS) is 18.6. The number of benzene rings is 1. The molecule has 0 unspecified atom stereocenters. The van der Waals surface area contributed by atoms with E-state index in [0.717, 1.165) is 26.1 Å². The number of carbonyl (C=O) groups excluding carboxylic acids is 1. The Kier molecular flexibility index (Phi) is 6.07. The second-order valence-corrected chi connectivity index (χ2v) is 8.62. The van der Waals surface area contributed by atoms with Gasteiger partial charge in [-0.15, -0.1) is 0 Å². The third-order valence-corrected chi connectivity index (χ3v) is 6.35. The number of fused-ring (bicyclic) bond motifs is 1. The predicted molar refractivity (Wildman–Crippen MR) is 115 cm³/mol. The zero-order valence-electron chi connectivity index (χ0n) is 16.4. The fourth-order valence-corrected chi connectivity index (χ4v) is 4.72. The number of halogens is 1. The lowest BCUT2D eigenvalue weighted by atomic mass is 9.95. The van der Waals surface area contributed by atoms with Crippen molar-refractivity contribution < 1.29 is 9.21 Å². The molecule has 150 valence electrons. The zero-order chi connectivity index (χ0) is 19.5. The Bertz CT molecular complexity index is 829. The van der Waals surface area contributed by atoms with E-state index in [1.165, 1.54) is 42.5 Å². The Morgan fingerprint density at radius 2 is 1.96 bits per heavy atom. The van der Waals surface area contributed by atoms with E-state index in [1.54, 1.807) is 12.1 Å². The van der Waals surface area contributed by atoms with Crippen molar-refractivity contribution in [2.75, 3.05) is 38.1 Å². The molecule has 0 bridgehead atoms. The summed E-state index contributed by atoms with van der Waals surface area (Å²) >= 11 is 3.26. The molecular weight excluding hydrogens is 418 g/mol. The van der Waals surface area contributed by atoms with Crippen molar-refractivity contribution in [3.8, 4) is 0 Å². The number of carbonyl (C=O) groups is 1. The van der Waals surface area contributed by atoms with Crippen LogP contribution >= 0.6 is 15.9 Å². The molecule has 0 spiro atoms. The number of nitrogens with one attached hydrogen (secondary N) is 1. The number of nitrogens with zero attached hydrogens (tertiary/aromatic N) is 2. The number of rotatable bonds is 5. The highest BCUT2D eigenvalue weighted by molar-refractivity contribution is 9.10. The summed E-state index contributed by atoms with van der Waals surface area (Å²) in [5.41, 5.74) is 4.07. The maximum Gasteiger partial charge on any atom is 0.287 e. The van der Waals surface area contributed by atoms with Crippen LogP contribution in [0.2, 0.25) is 0 Å². The van der Waals surface area contributed by atoms with E-state index >= 15 is 0 Å². The van der Waals surface area contributed by atoms with Crippen LogP contribution in [0.4, 0.5) is 5.69 Å². The van der Waals surface area contributed by atoms with Crippen LogP contribution in [0.3, 0.4) is 0 Å². The molecule has 3 heterocycles. The Morgan fingerprint density at radius 3 is 2.71 bits per heavy atom. The second kappa shape index (κ2) is 8.70. The lowest BCUT2D eigenvalue weighted by molar-refractivity contribution is 0.0896. The summed E-state index contributed by atoms with van der Waals surface area (Å²) in [4.78, 5) is 17.4. The van der Waals surface area contributed by atoms with Crippen LogP contribution in [0.15, 0.2) is 39.4 Å². The van der Waals surface area contributed by atoms with E-state index < -0.39 is 0 Å². The van der Waals surface area contributed by atoms with Gasteiger partial charge in [-0.3, -0.25) is 9.69 Å². The molecule has 0 aliphatic carbocycles. The van der Waals surface area contributed by atoms with Crippen molar-refractivity contribution in [2.24, 2.45) is 0 Å². The molecule has 1 aromatic heterocycles. The molecule has 28 heavy (non-hydrogen) atoms. The summed E-state index contributed by atoms with van der Waals surface area (Å²) in [5, 5.41) is 3.09. The van der Waals surface area contributed by atoms with Crippen LogP contribution in [0.25, 0.3) is 0 Å². The molecule has 1 fully saturated rings. The van der Waals surface area contributed by atoms with Gasteiger partial charge < -0.3 is 14.6 Å². The lowest BCUT2D eigenvalue weighted by Gasteiger charge is -2.36. The van der Waals surface area contributed by atoms with E-state index in [4.69, 9.17) is 4.42 Å². The summed E-state index contributed by atoms with van der Waals surface area (Å²) in [6, 6.07) is 10.5. The van der Waals surface area contributed by atoms with Crippen molar-refractivity contribution in [1.29, 1.82) is 0 Å². The molecule has 1 aromatic carbocycles. The minimum atomic E-state index is -0.162. The number of hydrogen-bond donors (Lipinski definition) is 1. The van der Waals surface area contributed by atoms with Crippen molar-refractivity contribution in [3.63, 3.8) is 0 Å². The standard InChI is InChI=1S/C22H28BrN3O2/c1-25-11-5-6-16-14-17(7-8-18(16)25)19(26-12-3-2-4-13-26)15-24-22(27)20-9-10-21(23)28-20/h7-10,14,19H,2-6,11-13,15H2,1H3,(H,24,27)/t19-/m0/s1. The third kappa shape index (κ3) is 4.28. The molecule has 4 rings (SSSR count). The number of furan rings is 1. The van der Waals surface area contributed by atoms with E-state index in [0.29, 0.717) is 17.0 Å². The van der Waals surface area contributed by atoms with Crippen molar-refractivity contribution in [2.45, 2.75) is 38.1 Å². The van der Waals surface area contributed by atoms with Crippen LogP contribution < -0.4 is 10.2 Å². The van der Waals surface area contributed by atoms with Gasteiger partial charge >= 0.3 is 0 Å². The Morgan fingerprint density at radius 1 is 1.14 bits per heavy atom. The number of amides is 1. The number of piperidine rings is 1. The summed E-state index contributed by atoms with van der Waals surface area (Å²) in [7, 11) is 2.17. The van der Waals surface area contributed by atoms with Gasteiger partial charge in [-0.25, -0.2) is 0 Å². The summed E-state index contributed by atoms with van der Waals surface area (Å²) in [6.45, 7) is 3.89. The SMILES string of the molecule is CN1CCCc2cc([C@H](CNC(=O)c3ccc(Br)o3)N3CCCCC3)ccc21. The highest BCUT2D eigenvalue weighted by atomic mass is 79.9. The number of hydrogen-bond acceptors (Lipinski definition) is 4. The number of likely N-dealkylation sites (tertiary alicyclic amines) is 1. The first-order valence-corrected chi connectivity index (χ1v) is 11.0. The van der Waals surface area contributed by atoms with Crippen LogP contribution in [0.1, 0.15) is 53.4 Å². The maximum atomic E-state index is 12.5. The first-order chi connectivity index (χ1) is 13.6. The van der Waals surface area contributed by atoms with E-state index in [2.05, 4.69) is 56.3 Å². The predicted octanol–water partition coefficient (Wildman–Crippen LogP) is 4.38. The van der Waals surface area contributed by atoms with Crippen LogP contribution in [-0.2, 0) is 6.42 Å². The molecule has 2 aliphatic rings. The molecule has 1 atom stereocenters. The molecule has 2 aromatic rings. The van der Waals surface area contributed by atoms with Crippen molar-refractivity contribution in [3.05, 3.63) is 51.9 Å². The van der Waals surface area contributed by atoms with Crippen LogP contribution in [0.5, 0.6) is 0 Å². The van der Waals surface area contributed by atoms with Gasteiger partial charge in [0, 0.05) is 25.8 Å². The largest absolute Gasteiger partial charge is 0.444 e.